The highest BCUT2D eigenvalue weighted by atomic mass is 16.5. The van der Waals surface area contributed by atoms with Crippen molar-refractivity contribution < 1.29 is 14.6 Å². The lowest BCUT2D eigenvalue weighted by atomic mass is 10.1. The van der Waals surface area contributed by atoms with E-state index in [2.05, 4.69) is 0 Å². The Kier molecular flexibility index (Phi) is 4.42. The second kappa shape index (κ2) is 6.25. The van der Waals surface area contributed by atoms with Crippen molar-refractivity contribution in [3.05, 3.63) is 59.7 Å². The molecule has 0 spiro atoms. The Labute approximate surface area is 113 Å². The molecule has 2 aromatic carbocycles. The van der Waals surface area contributed by atoms with E-state index in [1.807, 2.05) is 42.5 Å². The molecule has 2 rings (SSSR count). The zero-order valence-electron chi connectivity index (χ0n) is 11.2. The molecule has 0 aliphatic rings. The van der Waals surface area contributed by atoms with Gasteiger partial charge in [-0.15, -0.1) is 0 Å². The predicted octanol–water partition coefficient (Wildman–Crippen LogP) is 3.33. The van der Waals surface area contributed by atoms with Crippen molar-refractivity contribution in [3.8, 4) is 11.5 Å². The van der Waals surface area contributed by atoms with Crippen LogP contribution in [-0.4, -0.2) is 12.2 Å². The first kappa shape index (κ1) is 13.4. The highest BCUT2D eigenvalue weighted by molar-refractivity contribution is 5.43. The van der Waals surface area contributed by atoms with Gasteiger partial charge in [-0.2, -0.15) is 0 Å². The molecule has 0 bridgehead atoms. The zero-order valence-corrected chi connectivity index (χ0v) is 11.2. The van der Waals surface area contributed by atoms with Crippen molar-refractivity contribution in [1.82, 2.24) is 0 Å². The number of aliphatic hydroxyl groups is 1. The Morgan fingerprint density at radius 3 is 2.42 bits per heavy atom. The molecule has 0 aromatic heterocycles. The Bertz CT molecular complexity index is 521. The molecule has 0 aliphatic heterocycles. The molecule has 0 amide bonds. The quantitative estimate of drug-likeness (QED) is 0.894. The van der Waals surface area contributed by atoms with Crippen molar-refractivity contribution in [3.63, 3.8) is 0 Å². The fraction of sp³-hybridized carbons (Fsp3) is 0.250. The van der Waals surface area contributed by atoms with Gasteiger partial charge in [0, 0.05) is 0 Å². The number of rotatable bonds is 5. The van der Waals surface area contributed by atoms with Crippen LogP contribution in [0.1, 0.15) is 24.2 Å². The van der Waals surface area contributed by atoms with E-state index >= 15 is 0 Å². The van der Waals surface area contributed by atoms with Crippen LogP contribution in [0.2, 0.25) is 0 Å². The van der Waals surface area contributed by atoms with Crippen molar-refractivity contribution in [2.75, 3.05) is 7.11 Å². The number of hydrogen-bond acceptors (Lipinski definition) is 3. The average molecular weight is 258 g/mol. The highest BCUT2D eigenvalue weighted by Crippen LogP contribution is 2.30. The Morgan fingerprint density at radius 1 is 1.05 bits per heavy atom. The molecule has 19 heavy (non-hydrogen) atoms. The molecule has 3 heteroatoms. The van der Waals surface area contributed by atoms with E-state index in [1.54, 1.807) is 20.1 Å². The molecule has 2 aromatic rings. The molecule has 0 aliphatic carbocycles. The van der Waals surface area contributed by atoms with Crippen LogP contribution in [0.3, 0.4) is 0 Å². The third kappa shape index (κ3) is 3.48. The molecule has 0 saturated heterocycles. The minimum absolute atomic E-state index is 0.491. The van der Waals surface area contributed by atoms with Gasteiger partial charge in [-0.25, -0.2) is 0 Å². The maximum absolute atomic E-state index is 9.55. The Morgan fingerprint density at radius 2 is 1.79 bits per heavy atom. The summed E-state index contributed by atoms with van der Waals surface area (Å²) in [5.41, 5.74) is 1.91. The molecule has 0 saturated carbocycles. The zero-order chi connectivity index (χ0) is 13.7. The maximum atomic E-state index is 9.55. The topological polar surface area (TPSA) is 38.7 Å². The van der Waals surface area contributed by atoms with Crippen LogP contribution in [0, 0.1) is 0 Å². The predicted molar refractivity (Wildman–Crippen MR) is 74.4 cm³/mol. The summed E-state index contributed by atoms with van der Waals surface area (Å²) in [6.07, 6.45) is -0.517. The lowest BCUT2D eigenvalue weighted by molar-refractivity contribution is 0.198. The monoisotopic (exact) mass is 258 g/mol. The fourth-order valence-corrected chi connectivity index (χ4v) is 1.80. The van der Waals surface area contributed by atoms with Crippen molar-refractivity contribution >= 4 is 0 Å². The second-order valence-corrected chi connectivity index (χ2v) is 4.36. The third-order valence-corrected chi connectivity index (χ3v) is 2.91. The number of hydrogen-bond donors (Lipinski definition) is 1. The number of aliphatic hydroxyl groups excluding tert-OH is 1. The van der Waals surface area contributed by atoms with Crippen LogP contribution in [0.15, 0.2) is 48.5 Å². The van der Waals surface area contributed by atoms with Crippen LogP contribution >= 0.6 is 0 Å². The summed E-state index contributed by atoms with van der Waals surface area (Å²) in [6, 6.07) is 15.4. The van der Waals surface area contributed by atoms with Gasteiger partial charge in [-0.3, -0.25) is 0 Å². The molecule has 1 N–H and O–H groups in total. The first-order valence-corrected chi connectivity index (χ1v) is 6.23. The molecule has 0 fully saturated rings. The van der Waals surface area contributed by atoms with E-state index < -0.39 is 6.10 Å². The molecular weight excluding hydrogens is 240 g/mol. The van der Waals surface area contributed by atoms with Gasteiger partial charge in [-0.1, -0.05) is 36.4 Å². The maximum Gasteiger partial charge on any atom is 0.161 e. The van der Waals surface area contributed by atoms with Crippen LogP contribution < -0.4 is 9.47 Å². The molecule has 0 unspecified atom stereocenters. The van der Waals surface area contributed by atoms with Crippen LogP contribution in [0.5, 0.6) is 11.5 Å². The van der Waals surface area contributed by atoms with Gasteiger partial charge in [0.1, 0.15) is 6.61 Å². The van der Waals surface area contributed by atoms with E-state index in [0.717, 1.165) is 11.1 Å². The lowest BCUT2D eigenvalue weighted by Gasteiger charge is -2.13. The smallest absolute Gasteiger partial charge is 0.161 e. The molecule has 100 valence electrons. The lowest BCUT2D eigenvalue weighted by Crippen LogP contribution is -1.99. The van der Waals surface area contributed by atoms with Gasteiger partial charge in [0.05, 0.1) is 13.2 Å². The Balaban J connectivity index is 2.12. The van der Waals surface area contributed by atoms with E-state index in [9.17, 15) is 5.11 Å². The summed E-state index contributed by atoms with van der Waals surface area (Å²) >= 11 is 0. The van der Waals surface area contributed by atoms with Crippen molar-refractivity contribution in [2.45, 2.75) is 19.6 Å². The summed E-state index contributed by atoms with van der Waals surface area (Å²) in [5.74, 6) is 1.31. The minimum atomic E-state index is -0.517. The first-order valence-electron chi connectivity index (χ1n) is 6.23. The standard InChI is InChI=1S/C16H18O3/c1-12(17)14-8-9-15(16(10-14)18-2)19-11-13-6-4-3-5-7-13/h3-10,12,17H,11H2,1-2H3/t12-/m0/s1. The van der Waals surface area contributed by atoms with Crippen LogP contribution in [0.4, 0.5) is 0 Å². The summed E-state index contributed by atoms with van der Waals surface area (Å²) < 4.78 is 11.0. The van der Waals surface area contributed by atoms with Crippen molar-refractivity contribution in [1.29, 1.82) is 0 Å². The van der Waals surface area contributed by atoms with E-state index in [0.29, 0.717) is 18.1 Å². The number of ether oxygens (including phenoxy) is 2. The fourth-order valence-electron chi connectivity index (χ4n) is 1.80. The van der Waals surface area contributed by atoms with Gasteiger partial charge in [0.25, 0.3) is 0 Å². The normalized spacial score (nSPS) is 11.9. The first-order chi connectivity index (χ1) is 9.20. The molecule has 1 atom stereocenters. The van der Waals surface area contributed by atoms with Gasteiger partial charge >= 0.3 is 0 Å². The average Bonchev–Trinajstić information content (AvgIpc) is 2.45. The van der Waals surface area contributed by atoms with E-state index in [-0.39, 0.29) is 0 Å². The van der Waals surface area contributed by atoms with Gasteiger partial charge in [0.2, 0.25) is 0 Å². The second-order valence-electron chi connectivity index (χ2n) is 4.36. The SMILES string of the molecule is COc1cc([C@H](C)O)ccc1OCc1ccccc1. The van der Waals surface area contributed by atoms with E-state index in [1.165, 1.54) is 0 Å². The summed E-state index contributed by atoms with van der Waals surface area (Å²) in [7, 11) is 1.59. The van der Waals surface area contributed by atoms with Crippen LogP contribution in [0.25, 0.3) is 0 Å². The molecule has 0 radical (unpaired) electrons. The third-order valence-electron chi connectivity index (χ3n) is 2.91. The minimum Gasteiger partial charge on any atom is -0.493 e. The summed E-state index contributed by atoms with van der Waals surface area (Å²) in [6.45, 7) is 2.21. The molecular formula is C16H18O3. The van der Waals surface area contributed by atoms with Crippen molar-refractivity contribution in [2.24, 2.45) is 0 Å². The number of benzene rings is 2. The summed E-state index contributed by atoms with van der Waals surface area (Å²) in [4.78, 5) is 0. The summed E-state index contributed by atoms with van der Waals surface area (Å²) in [5, 5.41) is 9.55. The van der Waals surface area contributed by atoms with Gasteiger partial charge < -0.3 is 14.6 Å². The molecule has 3 nitrogen and oxygen atoms in total. The molecule has 0 heterocycles. The van der Waals surface area contributed by atoms with Gasteiger partial charge in [0.15, 0.2) is 11.5 Å². The largest absolute Gasteiger partial charge is 0.493 e. The van der Waals surface area contributed by atoms with Gasteiger partial charge in [-0.05, 0) is 30.2 Å². The number of methoxy groups -OCH3 is 1. The Hall–Kier alpha value is -2.00. The highest BCUT2D eigenvalue weighted by Gasteiger charge is 2.08. The van der Waals surface area contributed by atoms with Crippen LogP contribution in [-0.2, 0) is 6.61 Å². The van der Waals surface area contributed by atoms with E-state index in [4.69, 9.17) is 9.47 Å².